The number of carbonyl (C=O) groups is 1. The van der Waals surface area contributed by atoms with E-state index in [-0.39, 0.29) is 0 Å². The summed E-state index contributed by atoms with van der Waals surface area (Å²) in [6.45, 7) is 0.486. The van der Waals surface area contributed by atoms with Gasteiger partial charge in [-0.2, -0.15) is 0 Å². The molecule has 0 heterocycles. The fourth-order valence-electron chi connectivity index (χ4n) is 2.73. The number of hydrogen-bond donors (Lipinski definition) is 1. The van der Waals surface area contributed by atoms with Gasteiger partial charge in [-0.1, -0.05) is 82.7 Å². The van der Waals surface area contributed by atoms with Gasteiger partial charge in [0.1, 0.15) is 12.4 Å². The molecule has 0 radical (unpaired) electrons. The highest BCUT2D eigenvalue weighted by atomic mass is 79.9. The van der Waals surface area contributed by atoms with Crippen LogP contribution in [-0.2, 0) is 13.0 Å². The maximum Gasteiger partial charge on any atom is 0.335 e. The standard InChI is InChI=1S/C23H19BrO3/c24-20-14-13-19(22(15-20)27-16-17-7-2-1-3-8-17)11-6-10-18-9-4-5-12-21(18)23(25)26/h1-9,11-15H,10,16H2,(H,25,26). The van der Waals surface area contributed by atoms with Crippen LogP contribution in [0.3, 0.4) is 0 Å². The predicted octanol–water partition coefficient (Wildman–Crippen LogP) is 5.98. The van der Waals surface area contributed by atoms with Crippen LogP contribution in [0.1, 0.15) is 27.0 Å². The molecule has 0 aliphatic heterocycles. The van der Waals surface area contributed by atoms with Crippen molar-refractivity contribution in [3.05, 3.63) is 106 Å². The quantitative estimate of drug-likeness (QED) is 0.509. The molecule has 1 N–H and O–H groups in total. The molecule has 4 heteroatoms. The third kappa shape index (κ3) is 5.31. The summed E-state index contributed by atoms with van der Waals surface area (Å²) in [5.74, 6) is -0.134. The van der Waals surface area contributed by atoms with E-state index >= 15 is 0 Å². The van der Waals surface area contributed by atoms with Crippen LogP contribution < -0.4 is 4.74 Å². The summed E-state index contributed by atoms with van der Waals surface area (Å²) >= 11 is 3.48. The zero-order chi connectivity index (χ0) is 19.1. The minimum absolute atomic E-state index is 0.332. The Morgan fingerprint density at radius 1 is 1.00 bits per heavy atom. The van der Waals surface area contributed by atoms with E-state index in [4.69, 9.17) is 4.74 Å². The van der Waals surface area contributed by atoms with Crippen molar-refractivity contribution < 1.29 is 14.6 Å². The highest BCUT2D eigenvalue weighted by molar-refractivity contribution is 9.10. The second-order valence-corrected chi connectivity index (χ2v) is 6.94. The first-order chi connectivity index (χ1) is 13.1. The monoisotopic (exact) mass is 422 g/mol. The average Bonchev–Trinajstić information content (AvgIpc) is 2.69. The maximum absolute atomic E-state index is 11.3. The van der Waals surface area contributed by atoms with E-state index in [2.05, 4.69) is 15.9 Å². The second kappa shape index (κ2) is 9.19. The summed E-state index contributed by atoms with van der Waals surface area (Å²) in [6, 6.07) is 22.9. The first-order valence-electron chi connectivity index (χ1n) is 8.57. The Morgan fingerprint density at radius 2 is 1.74 bits per heavy atom. The molecule has 0 saturated carbocycles. The van der Waals surface area contributed by atoms with E-state index in [1.54, 1.807) is 12.1 Å². The normalized spacial score (nSPS) is 10.9. The summed E-state index contributed by atoms with van der Waals surface area (Å²) < 4.78 is 6.94. The van der Waals surface area contributed by atoms with Gasteiger partial charge in [-0.05, 0) is 35.7 Å². The molecule has 0 aliphatic rings. The van der Waals surface area contributed by atoms with Crippen molar-refractivity contribution in [2.45, 2.75) is 13.0 Å². The molecule has 0 fully saturated rings. The lowest BCUT2D eigenvalue weighted by atomic mass is 10.0. The van der Waals surface area contributed by atoms with Crippen molar-refractivity contribution in [3.63, 3.8) is 0 Å². The molecule has 0 amide bonds. The van der Waals surface area contributed by atoms with Gasteiger partial charge < -0.3 is 9.84 Å². The van der Waals surface area contributed by atoms with Crippen LogP contribution in [0.4, 0.5) is 0 Å². The zero-order valence-corrected chi connectivity index (χ0v) is 16.2. The summed E-state index contributed by atoms with van der Waals surface area (Å²) in [7, 11) is 0. The van der Waals surface area contributed by atoms with Crippen LogP contribution in [0.5, 0.6) is 5.75 Å². The number of rotatable bonds is 7. The van der Waals surface area contributed by atoms with E-state index in [9.17, 15) is 9.90 Å². The summed E-state index contributed by atoms with van der Waals surface area (Å²) in [4.78, 5) is 11.3. The summed E-state index contributed by atoms with van der Waals surface area (Å²) in [6.07, 6.45) is 4.46. The number of benzene rings is 3. The predicted molar refractivity (Wildman–Crippen MR) is 111 cm³/mol. The van der Waals surface area contributed by atoms with Crippen LogP contribution in [0.25, 0.3) is 6.08 Å². The van der Waals surface area contributed by atoms with Gasteiger partial charge in [-0.15, -0.1) is 0 Å². The number of carboxylic acid groups (broad SMARTS) is 1. The molecular weight excluding hydrogens is 404 g/mol. The summed E-state index contributed by atoms with van der Waals surface area (Å²) in [5, 5.41) is 9.29. The van der Waals surface area contributed by atoms with Gasteiger partial charge in [0.15, 0.2) is 0 Å². The highest BCUT2D eigenvalue weighted by Gasteiger charge is 2.07. The number of allylic oxidation sites excluding steroid dienone is 1. The van der Waals surface area contributed by atoms with Gasteiger partial charge >= 0.3 is 5.97 Å². The number of halogens is 1. The smallest absolute Gasteiger partial charge is 0.335 e. The van der Waals surface area contributed by atoms with E-state index < -0.39 is 5.97 Å². The fraction of sp³-hybridized carbons (Fsp3) is 0.0870. The Labute approximate surface area is 167 Å². The molecule has 3 nitrogen and oxygen atoms in total. The lowest BCUT2D eigenvalue weighted by Crippen LogP contribution is -2.01. The summed E-state index contributed by atoms with van der Waals surface area (Å²) in [5.41, 5.74) is 3.16. The number of carboxylic acids is 1. The van der Waals surface area contributed by atoms with Gasteiger partial charge in [-0.25, -0.2) is 4.79 Å². The van der Waals surface area contributed by atoms with E-state index in [1.807, 2.05) is 72.8 Å². The molecule has 0 saturated heterocycles. The van der Waals surface area contributed by atoms with Crippen molar-refractivity contribution in [1.29, 1.82) is 0 Å². The van der Waals surface area contributed by atoms with Crippen molar-refractivity contribution in [1.82, 2.24) is 0 Å². The van der Waals surface area contributed by atoms with Crippen molar-refractivity contribution in [2.75, 3.05) is 0 Å². The Hall–Kier alpha value is -2.85. The molecule has 0 atom stereocenters. The molecule has 136 valence electrons. The average molecular weight is 423 g/mol. The van der Waals surface area contributed by atoms with Crippen LogP contribution in [0.15, 0.2) is 83.3 Å². The first-order valence-corrected chi connectivity index (χ1v) is 9.37. The zero-order valence-electron chi connectivity index (χ0n) is 14.6. The Bertz CT molecular complexity index is 949. The van der Waals surface area contributed by atoms with Gasteiger partial charge in [0.25, 0.3) is 0 Å². The lowest BCUT2D eigenvalue weighted by molar-refractivity contribution is 0.0696. The Kier molecular flexibility index (Phi) is 6.44. The van der Waals surface area contributed by atoms with Gasteiger partial charge in [-0.3, -0.25) is 0 Å². The molecule has 3 aromatic carbocycles. The highest BCUT2D eigenvalue weighted by Crippen LogP contribution is 2.26. The first kappa shape index (κ1) is 18.9. The largest absolute Gasteiger partial charge is 0.488 e. The maximum atomic E-state index is 11.3. The van der Waals surface area contributed by atoms with E-state index in [0.717, 1.165) is 26.9 Å². The molecular formula is C23H19BrO3. The lowest BCUT2D eigenvalue weighted by Gasteiger charge is -2.10. The van der Waals surface area contributed by atoms with Crippen molar-refractivity contribution in [2.24, 2.45) is 0 Å². The van der Waals surface area contributed by atoms with Crippen molar-refractivity contribution in [3.8, 4) is 5.75 Å². The Morgan fingerprint density at radius 3 is 2.52 bits per heavy atom. The molecule has 0 aliphatic carbocycles. The van der Waals surface area contributed by atoms with E-state index in [1.165, 1.54) is 0 Å². The molecule has 0 spiro atoms. The van der Waals surface area contributed by atoms with Crippen LogP contribution in [0, 0.1) is 0 Å². The SMILES string of the molecule is O=C(O)c1ccccc1CC=Cc1ccc(Br)cc1OCc1ccccc1. The molecule has 0 unspecified atom stereocenters. The fourth-order valence-corrected chi connectivity index (χ4v) is 3.07. The Balaban J connectivity index is 1.75. The minimum Gasteiger partial charge on any atom is -0.488 e. The van der Waals surface area contributed by atoms with Crippen LogP contribution in [0.2, 0.25) is 0 Å². The van der Waals surface area contributed by atoms with E-state index in [0.29, 0.717) is 18.6 Å². The molecule has 3 rings (SSSR count). The minimum atomic E-state index is -0.908. The molecule has 27 heavy (non-hydrogen) atoms. The third-order valence-electron chi connectivity index (χ3n) is 4.10. The molecule has 3 aromatic rings. The second-order valence-electron chi connectivity index (χ2n) is 6.03. The van der Waals surface area contributed by atoms with Gasteiger partial charge in [0.2, 0.25) is 0 Å². The van der Waals surface area contributed by atoms with Crippen LogP contribution >= 0.6 is 15.9 Å². The third-order valence-corrected chi connectivity index (χ3v) is 4.59. The number of aromatic carboxylic acids is 1. The molecule has 0 bridgehead atoms. The van der Waals surface area contributed by atoms with Gasteiger partial charge in [0.05, 0.1) is 5.56 Å². The molecule has 0 aromatic heterocycles. The van der Waals surface area contributed by atoms with Crippen molar-refractivity contribution >= 4 is 28.0 Å². The van der Waals surface area contributed by atoms with Gasteiger partial charge in [0, 0.05) is 10.0 Å². The topological polar surface area (TPSA) is 46.5 Å². The number of ether oxygens (including phenoxy) is 1. The van der Waals surface area contributed by atoms with Crippen LogP contribution in [-0.4, -0.2) is 11.1 Å². The number of hydrogen-bond acceptors (Lipinski definition) is 2.